The van der Waals surface area contributed by atoms with Crippen LogP contribution in [-0.2, 0) is 0 Å². The summed E-state index contributed by atoms with van der Waals surface area (Å²) in [7, 11) is 0. The third kappa shape index (κ3) is 2.61. The highest BCUT2D eigenvalue weighted by Crippen LogP contribution is 2.27. The Hall–Kier alpha value is -1.62. The van der Waals surface area contributed by atoms with Gasteiger partial charge < -0.3 is 15.1 Å². The van der Waals surface area contributed by atoms with Gasteiger partial charge in [-0.25, -0.2) is 4.98 Å². The average molecular weight is 250 g/mol. The van der Waals surface area contributed by atoms with E-state index in [9.17, 15) is 9.90 Å². The van der Waals surface area contributed by atoms with Crippen LogP contribution in [0.4, 0.5) is 0 Å². The van der Waals surface area contributed by atoms with Gasteiger partial charge >= 0.3 is 0 Å². The molecule has 1 fully saturated rings. The highest BCUT2D eigenvalue weighted by atomic mass is 16.3. The number of hydrogen-bond acceptors (Lipinski definition) is 4. The quantitative estimate of drug-likeness (QED) is 0.822. The Morgan fingerprint density at radius 2 is 2.28 bits per heavy atom. The maximum atomic E-state index is 12.3. The third-order valence-corrected chi connectivity index (χ3v) is 3.32. The van der Waals surface area contributed by atoms with E-state index in [4.69, 9.17) is 5.11 Å². The minimum atomic E-state index is -0.244. The minimum absolute atomic E-state index is 0.0602. The number of aliphatic hydroxyl groups excluding tert-OH is 1. The summed E-state index contributed by atoms with van der Waals surface area (Å²) in [4.78, 5) is 18.0. The van der Waals surface area contributed by atoms with Crippen molar-refractivity contribution in [3.05, 3.63) is 24.0 Å². The van der Waals surface area contributed by atoms with Gasteiger partial charge in [-0.05, 0) is 37.8 Å². The second-order valence-corrected chi connectivity index (χ2v) is 4.53. The normalized spacial score (nSPS) is 15.2. The first-order valence-electron chi connectivity index (χ1n) is 6.30. The number of rotatable bonds is 5. The van der Waals surface area contributed by atoms with Crippen LogP contribution in [0.15, 0.2) is 18.3 Å². The number of nitrogens with zero attached hydrogens (tertiary/aromatic N) is 2. The summed E-state index contributed by atoms with van der Waals surface area (Å²) >= 11 is 0. The van der Waals surface area contributed by atoms with Gasteiger partial charge in [0.25, 0.3) is 5.91 Å². The molecule has 0 aliphatic heterocycles. The van der Waals surface area contributed by atoms with Gasteiger partial charge in [-0.2, -0.15) is 0 Å². The van der Waals surface area contributed by atoms with Gasteiger partial charge in [0.05, 0.1) is 0 Å². The van der Waals surface area contributed by atoms with Crippen molar-refractivity contribution in [1.29, 1.82) is 0 Å². The number of aromatic hydroxyl groups is 1. The van der Waals surface area contributed by atoms with E-state index in [0.717, 1.165) is 19.3 Å². The fraction of sp³-hybridized carbons (Fsp3) is 0.538. The molecule has 1 aliphatic rings. The Bertz CT molecular complexity index is 418. The number of pyridine rings is 1. The predicted octanol–water partition coefficient (Wildman–Crippen LogP) is 1.16. The van der Waals surface area contributed by atoms with Crippen LogP contribution in [0.25, 0.3) is 0 Å². The topological polar surface area (TPSA) is 73.7 Å². The Morgan fingerprint density at radius 3 is 2.83 bits per heavy atom. The number of carbonyl (C=O) groups is 1. The molecule has 0 spiro atoms. The van der Waals surface area contributed by atoms with Gasteiger partial charge in [-0.1, -0.05) is 0 Å². The summed E-state index contributed by atoms with van der Waals surface area (Å²) in [5.74, 6) is -0.331. The molecule has 18 heavy (non-hydrogen) atoms. The second kappa shape index (κ2) is 5.82. The second-order valence-electron chi connectivity index (χ2n) is 4.53. The maximum Gasteiger partial charge on any atom is 0.276 e. The average Bonchev–Trinajstić information content (AvgIpc) is 2.32. The molecular weight excluding hydrogens is 232 g/mol. The van der Waals surface area contributed by atoms with Gasteiger partial charge in [0.2, 0.25) is 0 Å². The number of carbonyl (C=O) groups excluding carboxylic acids is 1. The molecule has 1 aromatic heterocycles. The molecule has 0 radical (unpaired) electrons. The molecule has 0 saturated heterocycles. The van der Waals surface area contributed by atoms with Gasteiger partial charge in [0.1, 0.15) is 5.75 Å². The molecular formula is C13H18N2O3. The predicted molar refractivity (Wildman–Crippen MR) is 66.3 cm³/mol. The Kier molecular flexibility index (Phi) is 4.15. The van der Waals surface area contributed by atoms with Crippen molar-refractivity contribution >= 4 is 5.91 Å². The van der Waals surface area contributed by atoms with Crippen LogP contribution < -0.4 is 0 Å². The molecule has 1 aromatic rings. The molecule has 1 saturated carbocycles. The molecule has 1 heterocycles. The smallest absolute Gasteiger partial charge is 0.276 e. The van der Waals surface area contributed by atoms with Crippen LogP contribution in [0.1, 0.15) is 36.2 Å². The standard InChI is InChI=1S/C13H18N2O3/c16-9-3-8-15(10-4-1-5-10)13(18)12-11(17)6-2-7-14-12/h2,6-7,10,16-17H,1,3-5,8-9H2. The summed E-state index contributed by atoms with van der Waals surface area (Å²) in [6.07, 6.45) is 5.16. The largest absolute Gasteiger partial charge is 0.505 e. The molecule has 5 heteroatoms. The van der Waals surface area contributed by atoms with Crippen LogP contribution in [-0.4, -0.2) is 45.2 Å². The highest BCUT2D eigenvalue weighted by molar-refractivity contribution is 5.95. The van der Waals surface area contributed by atoms with Crippen molar-refractivity contribution in [2.24, 2.45) is 0 Å². The Balaban J connectivity index is 2.14. The van der Waals surface area contributed by atoms with Crippen molar-refractivity contribution in [2.75, 3.05) is 13.2 Å². The van der Waals surface area contributed by atoms with Crippen molar-refractivity contribution in [3.8, 4) is 5.75 Å². The highest BCUT2D eigenvalue weighted by Gasteiger charge is 2.30. The fourth-order valence-electron chi connectivity index (χ4n) is 2.09. The molecule has 1 amide bonds. The molecule has 0 atom stereocenters. The van der Waals surface area contributed by atoms with Crippen LogP contribution in [0.3, 0.4) is 0 Å². The van der Waals surface area contributed by atoms with Crippen LogP contribution in [0.2, 0.25) is 0 Å². The van der Waals surface area contributed by atoms with Gasteiger partial charge in [-0.3, -0.25) is 4.79 Å². The molecule has 1 aliphatic carbocycles. The summed E-state index contributed by atoms with van der Waals surface area (Å²) in [6, 6.07) is 3.28. The molecule has 0 aromatic carbocycles. The van der Waals surface area contributed by atoms with E-state index < -0.39 is 0 Å². The zero-order chi connectivity index (χ0) is 13.0. The van der Waals surface area contributed by atoms with Gasteiger partial charge in [0, 0.05) is 25.4 Å². The van der Waals surface area contributed by atoms with Crippen LogP contribution >= 0.6 is 0 Å². The lowest BCUT2D eigenvalue weighted by atomic mass is 9.91. The first kappa shape index (κ1) is 12.8. The SMILES string of the molecule is O=C(c1ncccc1O)N(CCCO)C1CCC1. The number of amides is 1. The van der Waals surface area contributed by atoms with E-state index in [2.05, 4.69) is 4.98 Å². The Morgan fingerprint density at radius 1 is 1.50 bits per heavy atom. The maximum absolute atomic E-state index is 12.3. The van der Waals surface area contributed by atoms with Gasteiger partial charge in [0.15, 0.2) is 5.69 Å². The first-order valence-corrected chi connectivity index (χ1v) is 6.30. The summed E-state index contributed by atoms with van der Waals surface area (Å²) in [6.45, 7) is 0.570. The zero-order valence-electron chi connectivity index (χ0n) is 10.2. The molecule has 0 bridgehead atoms. The van der Waals surface area contributed by atoms with Crippen LogP contribution in [0.5, 0.6) is 5.75 Å². The third-order valence-electron chi connectivity index (χ3n) is 3.32. The summed E-state index contributed by atoms with van der Waals surface area (Å²) in [5, 5.41) is 18.6. The monoisotopic (exact) mass is 250 g/mol. The Labute approximate surface area is 106 Å². The number of aromatic nitrogens is 1. The molecule has 5 nitrogen and oxygen atoms in total. The van der Waals surface area contributed by atoms with E-state index >= 15 is 0 Å². The van der Waals surface area contributed by atoms with Crippen LogP contribution in [0, 0.1) is 0 Å². The van der Waals surface area contributed by atoms with Crippen molar-refractivity contribution in [2.45, 2.75) is 31.7 Å². The van der Waals surface area contributed by atoms with Crippen molar-refractivity contribution < 1.29 is 15.0 Å². The molecule has 2 rings (SSSR count). The number of hydrogen-bond donors (Lipinski definition) is 2. The molecule has 0 unspecified atom stereocenters. The molecule has 98 valence electrons. The van der Waals surface area contributed by atoms with Crippen molar-refractivity contribution in [3.63, 3.8) is 0 Å². The number of aliphatic hydroxyl groups is 1. The first-order chi connectivity index (χ1) is 8.74. The van der Waals surface area contributed by atoms with Gasteiger partial charge in [-0.15, -0.1) is 0 Å². The van der Waals surface area contributed by atoms with E-state index in [1.54, 1.807) is 11.0 Å². The van der Waals surface area contributed by atoms with E-state index in [1.807, 2.05) is 0 Å². The summed E-state index contributed by atoms with van der Waals surface area (Å²) < 4.78 is 0. The molecule has 2 N–H and O–H groups in total. The lowest BCUT2D eigenvalue weighted by Crippen LogP contribution is -2.45. The minimum Gasteiger partial charge on any atom is -0.505 e. The van der Waals surface area contributed by atoms with E-state index in [0.29, 0.717) is 13.0 Å². The van der Waals surface area contributed by atoms with Crippen molar-refractivity contribution in [1.82, 2.24) is 9.88 Å². The van der Waals surface area contributed by atoms with E-state index in [1.165, 1.54) is 12.3 Å². The zero-order valence-corrected chi connectivity index (χ0v) is 10.2. The fourth-order valence-corrected chi connectivity index (χ4v) is 2.09. The lowest BCUT2D eigenvalue weighted by Gasteiger charge is -2.37. The van der Waals surface area contributed by atoms with E-state index in [-0.39, 0.29) is 30.0 Å². The lowest BCUT2D eigenvalue weighted by molar-refractivity contribution is 0.0553. The summed E-state index contributed by atoms with van der Waals surface area (Å²) in [5.41, 5.74) is 0.0994.